The number of carbonyl (C=O) groups is 1. The molecule has 3 rings (SSSR count). The second-order valence-electron chi connectivity index (χ2n) is 6.81. The fourth-order valence-corrected chi connectivity index (χ4v) is 4.53. The molecule has 0 radical (unpaired) electrons. The summed E-state index contributed by atoms with van der Waals surface area (Å²) in [6.07, 6.45) is 0. The lowest BCUT2D eigenvalue weighted by Gasteiger charge is -2.15. The molecule has 0 aromatic heterocycles. The molecule has 0 heterocycles. The monoisotopic (exact) mass is 496 g/mol. The molecule has 0 aliphatic heterocycles. The second-order valence-corrected chi connectivity index (χ2v) is 9.34. The lowest BCUT2D eigenvalue weighted by molar-refractivity contribution is -0.118. The summed E-state index contributed by atoms with van der Waals surface area (Å²) in [6.45, 7) is 1.34. The number of carbonyl (C=O) groups excluding carboxylic acids is 1. The van der Waals surface area contributed by atoms with E-state index in [2.05, 4.69) is 10.0 Å². The van der Waals surface area contributed by atoms with Gasteiger partial charge in [-0.15, -0.1) is 0 Å². The molecule has 168 valence electrons. The average molecular weight is 497 g/mol. The van der Waals surface area contributed by atoms with Crippen molar-refractivity contribution in [3.05, 3.63) is 88.2 Å². The van der Waals surface area contributed by atoms with Gasteiger partial charge in [-0.05, 0) is 48.9 Å². The van der Waals surface area contributed by atoms with E-state index in [1.807, 2.05) is 30.3 Å². The highest BCUT2D eigenvalue weighted by atomic mass is 35.5. The minimum absolute atomic E-state index is 0.0258. The standard InChI is InChI=1S/C22H19Cl2FN2O4S/c1-14(15-5-3-2-4-6-15)27-32(29,30)17-8-10-21(19(24)12-17)31-13-22(28)26-16-7-9-20(25)18(23)11-16/h2-12,14,27H,13H2,1H3,(H,26,28)/t14-/m1/s1. The summed E-state index contributed by atoms with van der Waals surface area (Å²) < 4.78 is 46.5. The van der Waals surface area contributed by atoms with Crippen molar-refractivity contribution in [2.75, 3.05) is 11.9 Å². The summed E-state index contributed by atoms with van der Waals surface area (Å²) in [5.74, 6) is -0.997. The number of sulfonamides is 1. The Bertz CT molecular complexity index is 1220. The van der Waals surface area contributed by atoms with E-state index in [9.17, 15) is 17.6 Å². The molecule has 0 saturated carbocycles. The fraction of sp³-hybridized carbons (Fsp3) is 0.136. The van der Waals surface area contributed by atoms with Crippen molar-refractivity contribution in [1.29, 1.82) is 0 Å². The van der Waals surface area contributed by atoms with Crippen molar-refractivity contribution in [3.8, 4) is 5.75 Å². The van der Waals surface area contributed by atoms with Gasteiger partial charge in [-0.1, -0.05) is 53.5 Å². The smallest absolute Gasteiger partial charge is 0.262 e. The van der Waals surface area contributed by atoms with Crippen molar-refractivity contribution < 1.29 is 22.3 Å². The molecule has 2 N–H and O–H groups in total. The SMILES string of the molecule is C[C@@H](NS(=O)(=O)c1ccc(OCC(=O)Nc2ccc(F)c(Cl)c2)c(Cl)c1)c1ccccc1. The van der Waals surface area contributed by atoms with E-state index >= 15 is 0 Å². The van der Waals surface area contributed by atoms with Gasteiger partial charge in [0.15, 0.2) is 6.61 Å². The van der Waals surface area contributed by atoms with E-state index in [1.54, 1.807) is 6.92 Å². The molecule has 32 heavy (non-hydrogen) atoms. The van der Waals surface area contributed by atoms with E-state index in [0.29, 0.717) is 5.69 Å². The molecule has 0 spiro atoms. The van der Waals surface area contributed by atoms with E-state index in [-0.39, 0.29) is 20.7 Å². The summed E-state index contributed by atoms with van der Waals surface area (Å²) in [7, 11) is -3.84. The quantitative estimate of drug-likeness (QED) is 0.449. The van der Waals surface area contributed by atoms with Gasteiger partial charge in [-0.3, -0.25) is 4.79 Å². The Kier molecular flexibility index (Phi) is 7.73. The maximum Gasteiger partial charge on any atom is 0.262 e. The molecule has 0 fully saturated rings. The second kappa shape index (κ2) is 10.3. The van der Waals surface area contributed by atoms with Crippen LogP contribution in [-0.4, -0.2) is 20.9 Å². The molecule has 0 unspecified atom stereocenters. The van der Waals surface area contributed by atoms with Crippen LogP contribution in [0.2, 0.25) is 10.0 Å². The normalized spacial score (nSPS) is 12.2. The predicted octanol–water partition coefficient (Wildman–Crippen LogP) is 5.19. The van der Waals surface area contributed by atoms with E-state index in [0.717, 1.165) is 11.6 Å². The van der Waals surface area contributed by atoms with Gasteiger partial charge in [0, 0.05) is 11.7 Å². The average Bonchev–Trinajstić information content (AvgIpc) is 2.75. The van der Waals surface area contributed by atoms with Gasteiger partial charge in [0.05, 0.1) is 14.9 Å². The molecule has 3 aromatic carbocycles. The van der Waals surface area contributed by atoms with Crippen LogP contribution in [0.1, 0.15) is 18.5 Å². The van der Waals surface area contributed by atoms with Crippen LogP contribution in [0, 0.1) is 5.82 Å². The van der Waals surface area contributed by atoms with Crippen LogP contribution in [0.25, 0.3) is 0 Å². The first-order valence-corrected chi connectivity index (χ1v) is 11.6. The van der Waals surface area contributed by atoms with Crippen LogP contribution in [0.4, 0.5) is 10.1 Å². The number of anilines is 1. The molecule has 1 atom stereocenters. The lowest BCUT2D eigenvalue weighted by Crippen LogP contribution is -2.27. The summed E-state index contributed by atoms with van der Waals surface area (Å²) in [4.78, 5) is 12.0. The number of hydrogen-bond donors (Lipinski definition) is 2. The van der Waals surface area contributed by atoms with Gasteiger partial charge in [-0.2, -0.15) is 0 Å². The van der Waals surface area contributed by atoms with Crippen molar-refractivity contribution in [1.82, 2.24) is 4.72 Å². The first kappa shape index (κ1) is 24.0. The molecule has 10 heteroatoms. The Morgan fingerprint density at radius 1 is 1.03 bits per heavy atom. The van der Waals surface area contributed by atoms with Crippen LogP contribution in [0.5, 0.6) is 5.75 Å². The summed E-state index contributed by atoms with van der Waals surface area (Å²) >= 11 is 11.8. The van der Waals surface area contributed by atoms with Crippen molar-refractivity contribution >= 4 is 44.8 Å². The minimum Gasteiger partial charge on any atom is -0.482 e. The Balaban J connectivity index is 1.62. The van der Waals surface area contributed by atoms with E-state index in [1.165, 1.54) is 30.3 Å². The van der Waals surface area contributed by atoms with Crippen molar-refractivity contribution in [3.63, 3.8) is 0 Å². The largest absolute Gasteiger partial charge is 0.482 e. The number of hydrogen-bond acceptors (Lipinski definition) is 4. The zero-order chi connectivity index (χ0) is 23.3. The molecular formula is C22H19Cl2FN2O4S. The third-order valence-electron chi connectivity index (χ3n) is 4.41. The first-order valence-electron chi connectivity index (χ1n) is 9.40. The molecule has 1 amide bonds. The number of ether oxygens (including phenoxy) is 1. The maximum atomic E-state index is 13.2. The zero-order valence-corrected chi connectivity index (χ0v) is 19.1. The summed E-state index contributed by atoms with van der Waals surface area (Å²) in [5.41, 5.74) is 1.12. The van der Waals surface area contributed by atoms with Gasteiger partial charge >= 0.3 is 0 Å². The third kappa shape index (κ3) is 6.20. The Morgan fingerprint density at radius 3 is 2.41 bits per heavy atom. The molecule has 3 aromatic rings. The molecule has 0 aliphatic carbocycles. The van der Waals surface area contributed by atoms with Gasteiger partial charge in [0.1, 0.15) is 11.6 Å². The van der Waals surface area contributed by atoms with Crippen LogP contribution in [0.15, 0.2) is 71.6 Å². The van der Waals surface area contributed by atoms with Gasteiger partial charge in [0.2, 0.25) is 10.0 Å². The summed E-state index contributed by atoms with van der Waals surface area (Å²) in [5, 5.41) is 2.41. The van der Waals surface area contributed by atoms with E-state index in [4.69, 9.17) is 27.9 Å². The number of halogens is 3. The number of amides is 1. The highest BCUT2D eigenvalue weighted by Crippen LogP contribution is 2.28. The number of nitrogens with one attached hydrogen (secondary N) is 2. The van der Waals surface area contributed by atoms with Crippen LogP contribution >= 0.6 is 23.2 Å². The third-order valence-corrected chi connectivity index (χ3v) is 6.53. The Hall–Kier alpha value is -2.65. The van der Waals surface area contributed by atoms with E-state index < -0.39 is 34.4 Å². The molecular weight excluding hydrogens is 478 g/mol. The van der Waals surface area contributed by atoms with Crippen molar-refractivity contribution in [2.45, 2.75) is 17.9 Å². The highest BCUT2D eigenvalue weighted by molar-refractivity contribution is 7.89. The van der Waals surface area contributed by atoms with Crippen LogP contribution in [-0.2, 0) is 14.8 Å². The maximum absolute atomic E-state index is 13.2. The van der Waals surface area contributed by atoms with Crippen LogP contribution < -0.4 is 14.8 Å². The first-order chi connectivity index (χ1) is 15.2. The zero-order valence-electron chi connectivity index (χ0n) is 16.8. The molecule has 0 bridgehead atoms. The molecule has 0 aliphatic rings. The van der Waals surface area contributed by atoms with Gasteiger partial charge < -0.3 is 10.1 Å². The van der Waals surface area contributed by atoms with Gasteiger partial charge in [0.25, 0.3) is 5.91 Å². The molecule has 6 nitrogen and oxygen atoms in total. The van der Waals surface area contributed by atoms with Crippen LogP contribution in [0.3, 0.4) is 0 Å². The predicted molar refractivity (Wildman–Crippen MR) is 122 cm³/mol. The fourth-order valence-electron chi connectivity index (χ4n) is 2.79. The molecule has 0 saturated heterocycles. The highest BCUT2D eigenvalue weighted by Gasteiger charge is 2.20. The van der Waals surface area contributed by atoms with Crippen molar-refractivity contribution in [2.24, 2.45) is 0 Å². The Labute approximate surface area is 195 Å². The number of benzene rings is 3. The lowest BCUT2D eigenvalue weighted by atomic mass is 10.1. The topological polar surface area (TPSA) is 84.5 Å². The number of rotatable bonds is 8. The Morgan fingerprint density at radius 2 is 1.75 bits per heavy atom. The van der Waals surface area contributed by atoms with Gasteiger partial charge in [-0.25, -0.2) is 17.5 Å². The minimum atomic E-state index is -3.84. The summed E-state index contributed by atoms with van der Waals surface area (Å²) in [6, 6.07) is 16.4.